The molecule has 3 nitrogen and oxygen atoms in total. The van der Waals surface area contributed by atoms with Gasteiger partial charge in [-0.05, 0) is 55.1 Å². The molecule has 0 aliphatic heterocycles. The Bertz CT molecular complexity index is 400. The summed E-state index contributed by atoms with van der Waals surface area (Å²) in [6.45, 7) is 7.50. The van der Waals surface area contributed by atoms with Crippen molar-refractivity contribution >= 4 is 15.9 Å². The Morgan fingerprint density at radius 2 is 2.24 bits per heavy atom. The van der Waals surface area contributed by atoms with Crippen LogP contribution in [0.4, 0.5) is 0 Å². The summed E-state index contributed by atoms with van der Waals surface area (Å²) in [6.07, 6.45) is 2.43. The lowest BCUT2D eigenvalue weighted by atomic mass is 10.1. The molecule has 3 atom stereocenters. The minimum atomic E-state index is 0.586. The average Bonchev–Trinajstić information content (AvgIpc) is 2.97. The lowest BCUT2D eigenvalue weighted by Gasteiger charge is -2.17. The first-order chi connectivity index (χ1) is 8.08. The third-order valence-corrected chi connectivity index (χ3v) is 4.96. The van der Waals surface area contributed by atoms with Gasteiger partial charge in [0.2, 0.25) is 0 Å². The summed E-state index contributed by atoms with van der Waals surface area (Å²) in [5, 5.41) is 8.03. The van der Waals surface area contributed by atoms with Crippen LogP contribution in [0.2, 0.25) is 0 Å². The van der Waals surface area contributed by atoms with Crippen molar-refractivity contribution in [2.24, 2.45) is 11.8 Å². The molecule has 96 valence electrons. The van der Waals surface area contributed by atoms with Gasteiger partial charge in [-0.3, -0.25) is 4.68 Å². The van der Waals surface area contributed by atoms with Crippen LogP contribution in [0.15, 0.2) is 4.47 Å². The standard InChI is InChI=1S/C13H22BrN3/c1-5-17-12(13(14)9(3)16-17)7-11(15-4)10-6-8(10)2/h8,10-11,15H,5-7H2,1-4H3. The lowest BCUT2D eigenvalue weighted by Crippen LogP contribution is -2.31. The van der Waals surface area contributed by atoms with Crippen molar-refractivity contribution in [3.63, 3.8) is 0 Å². The van der Waals surface area contributed by atoms with E-state index in [1.165, 1.54) is 16.6 Å². The second-order valence-corrected chi connectivity index (χ2v) is 5.93. The summed E-state index contributed by atoms with van der Waals surface area (Å²) in [7, 11) is 2.07. The summed E-state index contributed by atoms with van der Waals surface area (Å²) < 4.78 is 3.31. The van der Waals surface area contributed by atoms with E-state index in [1.54, 1.807) is 0 Å². The van der Waals surface area contributed by atoms with E-state index in [2.05, 4.69) is 58.8 Å². The smallest absolute Gasteiger partial charge is 0.0738 e. The number of likely N-dealkylation sites (N-methyl/N-ethyl adjacent to an activating group) is 1. The number of nitrogens with zero attached hydrogens (tertiary/aromatic N) is 2. The Morgan fingerprint density at radius 3 is 2.71 bits per heavy atom. The highest BCUT2D eigenvalue weighted by molar-refractivity contribution is 9.10. The van der Waals surface area contributed by atoms with Crippen LogP contribution in [-0.4, -0.2) is 22.9 Å². The molecule has 1 heterocycles. The van der Waals surface area contributed by atoms with Crippen LogP contribution in [0.3, 0.4) is 0 Å². The molecule has 0 amide bonds. The van der Waals surface area contributed by atoms with E-state index >= 15 is 0 Å². The molecule has 1 aliphatic carbocycles. The highest BCUT2D eigenvalue weighted by atomic mass is 79.9. The second-order valence-electron chi connectivity index (χ2n) is 5.14. The Balaban J connectivity index is 2.16. The molecule has 1 aromatic rings. The first kappa shape index (κ1) is 13.1. The molecule has 0 aromatic carbocycles. The fourth-order valence-corrected chi connectivity index (χ4v) is 3.10. The number of hydrogen-bond donors (Lipinski definition) is 1. The number of aryl methyl sites for hydroxylation is 2. The van der Waals surface area contributed by atoms with Crippen molar-refractivity contribution < 1.29 is 0 Å². The third kappa shape index (κ3) is 2.58. The maximum absolute atomic E-state index is 4.56. The van der Waals surface area contributed by atoms with Gasteiger partial charge in [-0.15, -0.1) is 0 Å². The lowest BCUT2D eigenvalue weighted by molar-refractivity contribution is 0.460. The van der Waals surface area contributed by atoms with Gasteiger partial charge in [-0.2, -0.15) is 5.10 Å². The summed E-state index contributed by atoms with van der Waals surface area (Å²) in [5.74, 6) is 1.72. The molecule has 1 fully saturated rings. The molecule has 1 aliphatic rings. The van der Waals surface area contributed by atoms with Gasteiger partial charge >= 0.3 is 0 Å². The van der Waals surface area contributed by atoms with E-state index in [-0.39, 0.29) is 0 Å². The van der Waals surface area contributed by atoms with Gasteiger partial charge in [-0.1, -0.05) is 6.92 Å². The molecule has 0 spiro atoms. The molecule has 1 aromatic heterocycles. The molecule has 0 bridgehead atoms. The van der Waals surface area contributed by atoms with Crippen molar-refractivity contribution in [1.82, 2.24) is 15.1 Å². The van der Waals surface area contributed by atoms with E-state index in [0.29, 0.717) is 6.04 Å². The van der Waals surface area contributed by atoms with Gasteiger partial charge in [-0.25, -0.2) is 0 Å². The minimum Gasteiger partial charge on any atom is -0.316 e. The zero-order chi connectivity index (χ0) is 12.6. The van der Waals surface area contributed by atoms with Gasteiger partial charge in [0.05, 0.1) is 15.9 Å². The molecule has 0 radical (unpaired) electrons. The maximum Gasteiger partial charge on any atom is 0.0738 e. The monoisotopic (exact) mass is 299 g/mol. The van der Waals surface area contributed by atoms with Crippen molar-refractivity contribution in [3.05, 3.63) is 15.9 Å². The van der Waals surface area contributed by atoms with Gasteiger partial charge in [0.1, 0.15) is 0 Å². The predicted molar refractivity (Wildman–Crippen MR) is 74.2 cm³/mol. The van der Waals surface area contributed by atoms with Crippen LogP contribution >= 0.6 is 15.9 Å². The number of hydrogen-bond acceptors (Lipinski definition) is 2. The highest BCUT2D eigenvalue weighted by Crippen LogP contribution is 2.41. The first-order valence-electron chi connectivity index (χ1n) is 6.47. The summed E-state index contributed by atoms with van der Waals surface area (Å²) in [5.41, 5.74) is 2.43. The first-order valence-corrected chi connectivity index (χ1v) is 7.26. The van der Waals surface area contributed by atoms with Gasteiger partial charge in [0.25, 0.3) is 0 Å². The molecule has 17 heavy (non-hydrogen) atoms. The Labute approximate surface area is 112 Å². The van der Waals surface area contributed by atoms with Crippen LogP contribution in [0, 0.1) is 18.8 Å². The molecule has 1 saturated carbocycles. The largest absolute Gasteiger partial charge is 0.316 e. The number of rotatable bonds is 5. The summed E-state index contributed by atoms with van der Waals surface area (Å²) in [4.78, 5) is 0. The third-order valence-electron chi connectivity index (χ3n) is 3.93. The Kier molecular flexibility index (Phi) is 3.93. The van der Waals surface area contributed by atoms with Crippen molar-refractivity contribution in [2.75, 3.05) is 7.05 Å². The predicted octanol–water partition coefficient (Wildman–Crippen LogP) is 2.76. The molecule has 1 N–H and O–H groups in total. The van der Waals surface area contributed by atoms with Gasteiger partial charge in [0, 0.05) is 19.0 Å². The van der Waals surface area contributed by atoms with Crippen LogP contribution in [0.5, 0.6) is 0 Å². The SMILES string of the molecule is CCn1nc(C)c(Br)c1CC(NC)C1CC1C. The van der Waals surface area contributed by atoms with Crippen molar-refractivity contribution in [2.45, 2.75) is 46.2 Å². The van der Waals surface area contributed by atoms with Gasteiger partial charge in [0.15, 0.2) is 0 Å². The van der Waals surface area contributed by atoms with Crippen LogP contribution in [0.1, 0.15) is 31.7 Å². The van der Waals surface area contributed by atoms with Crippen molar-refractivity contribution in [3.8, 4) is 0 Å². The fourth-order valence-electron chi connectivity index (χ4n) is 2.65. The Hall–Kier alpha value is -0.350. The molecule has 4 heteroatoms. The number of halogens is 1. The summed E-state index contributed by atoms with van der Waals surface area (Å²) in [6, 6.07) is 0.586. The normalized spacial score (nSPS) is 25.0. The molecule has 3 unspecified atom stereocenters. The van der Waals surface area contributed by atoms with Gasteiger partial charge < -0.3 is 5.32 Å². The zero-order valence-corrected chi connectivity index (χ0v) is 12.7. The quantitative estimate of drug-likeness (QED) is 0.906. The molecule has 2 rings (SSSR count). The number of aromatic nitrogens is 2. The fraction of sp³-hybridized carbons (Fsp3) is 0.769. The van der Waals surface area contributed by atoms with E-state index in [9.17, 15) is 0 Å². The van der Waals surface area contributed by atoms with E-state index in [4.69, 9.17) is 0 Å². The maximum atomic E-state index is 4.56. The van der Waals surface area contributed by atoms with E-state index in [0.717, 1.165) is 30.5 Å². The Morgan fingerprint density at radius 1 is 1.59 bits per heavy atom. The topological polar surface area (TPSA) is 29.9 Å². The van der Waals surface area contributed by atoms with Crippen LogP contribution < -0.4 is 5.32 Å². The molecular weight excluding hydrogens is 278 g/mol. The molecular formula is C13H22BrN3. The summed E-state index contributed by atoms with van der Waals surface area (Å²) >= 11 is 3.67. The average molecular weight is 300 g/mol. The van der Waals surface area contributed by atoms with E-state index in [1.807, 2.05) is 0 Å². The van der Waals surface area contributed by atoms with Crippen LogP contribution in [0.25, 0.3) is 0 Å². The van der Waals surface area contributed by atoms with E-state index < -0.39 is 0 Å². The van der Waals surface area contributed by atoms with Crippen LogP contribution in [-0.2, 0) is 13.0 Å². The minimum absolute atomic E-state index is 0.586. The second kappa shape index (κ2) is 5.11. The molecule has 0 saturated heterocycles. The highest BCUT2D eigenvalue weighted by Gasteiger charge is 2.39. The zero-order valence-electron chi connectivity index (χ0n) is 11.1. The number of nitrogens with one attached hydrogen (secondary N) is 1. The van der Waals surface area contributed by atoms with Crippen molar-refractivity contribution in [1.29, 1.82) is 0 Å².